The van der Waals surface area contributed by atoms with Gasteiger partial charge in [-0.05, 0) is 60.7 Å². The van der Waals surface area contributed by atoms with Gasteiger partial charge in [0, 0.05) is 21.0 Å². The van der Waals surface area contributed by atoms with Crippen LogP contribution in [0.5, 0.6) is 0 Å². The Bertz CT molecular complexity index is 1040. The van der Waals surface area contributed by atoms with Gasteiger partial charge < -0.3 is 5.32 Å². The largest absolute Gasteiger partial charge is 0.416 e. The molecular formula is C21H13F6NOS. The average Bonchev–Trinajstić information content (AvgIpc) is 2.68. The van der Waals surface area contributed by atoms with Gasteiger partial charge in [-0.25, -0.2) is 0 Å². The number of hydrogen-bond donors (Lipinski definition) is 1. The van der Waals surface area contributed by atoms with Crippen molar-refractivity contribution in [1.82, 2.24) is 0 Å². The number of rotatable bonds is 4. The van der Waals surface area contributed by atoms with Crippen LogP contribution in [0.4, 0.5) is 32.0 Å². The molecule has 0 unspecified atom stereocenters. The maximum atomic E-state index is 12.8. The Morgan fingerprint density at radius 1 is 0.700 bits per heavy atom. The molecule has 0 heterocycles. The molecule has 0 spiro atoms. The van der Waals surface area contributed by atoms with Crippen molar-refractivity contribution in [3.63, 3.8) is 0 Å². The Morgan fingerprint density at radius 3 is 1.87 bits per heavy atom. The van der Waals surface area contributed by atoms with Gasteiger partial charge in [-0.3, -0.25) is 4.79 Å². The molecular weight excluding hydrogens is 428 g/mol. The van der Waals surface area contributed by atoms with Gasteiger partial charge in [0.25, 0.3) is 5.91 Å². The summed E-state index contributed by atoms with van der Waals surface area (Å²) in [6.07, 6.45) is -8.97. The van der Waals surface area contributed by atoms with E-state index in [-0.39, 0.29) is 11.3 Å². The molecule has 0 aliphatic rings. The number of alkyl halides is 6. The molecule has 0 saturated carbocycles. The summed E-state index contributed by atoms with van der Waals surface area (Å²) in [7, 11) is 0. The fraction of sp³-hybridized carbons (Fsp3) is 0.0952. The summed E-state index contributed by atoms with van der Waals surface area (Å²) in [6, 6.07) is 15.1. The Labute approximate surface area is 171 Å². The molecule has 0 radical (unpaired) electrons. The molecule has 0 atom stereocenters. The van der Waals surface area contributed by atoms with E-state index in [0.29, 0.717) is 9.79 Å². The van der Waals surface area contributed by atoms with Crippen LogP contribution in [0.15, 0.2) is 82.6 Å². The van der Waals surface area contributed by atoms with E-state index in [9.17, 15) is 31.1 Å². The molecule has 3 aromatic carbocycles. The molecule has 0 aliphatic heterocycles. The highest BCUT2D eigenvalue weighted by Crippen LogP contribution is 2.34. The van der Waals surface area contributed by atoms with Crippen LogP contribution in [0.1, 0.15) is 21.5 Å². The first-order chi connectivity index (χ1) is 14.0. The van der Waals surface area contributed by atoms with E-state index in [1.165, 1.54) is 36.4 Å². The minimum atomic E-state index is -4.52. The minimum Gasteiger partial charge on any atom is -0.322 e. The lowest BCUT2D eigenvalue weighted by atomic mass is 10.1. The molecule has 3 rings (SSSR count). The molecule has 0 bridgehead atoms. The highest BCUT2D eigenvalue weighted by atomic mass is 32.2. The van der Waals surface area contributed by atoms with Crippen molar-refractivity contribution in [3.05, 3.63) is 89.5 Å². The van der Waals surface area contributed by atoms with Crippen LogP contribution in [0, 0.1) is 0 Å². The molecule has 2 nitrogen and oxygen atoms in total. The van der Waals surface area contributed by atoms with Crippen LogP contribution >= 0.6 is 11.8 Å². The molecule has 0 saturated heterocycles. The smallest absolute Gasteiger partial charge is 0.322 e. The maximum absolute atomic E-state index is 12.8. The van der Waals surface area contributed by atoms with Gasteiger partial charge in [0.1, 0.15) is 0 Å². The van der Waals surface area contributed by atoms with Crippen LogP contribution in [0.2, 0.25) is 0 Å². The van der Waals surface area contributed by atoms with Crippen LogP contribution in [-0.4, -0.2) is 5.91 Å². The van der Waals surface area contributed by atoms with Crippen molar-refractivity contribution < 1.29 is 31.1 Å². The second kappa shape index (κ2) is 8.43. The maximum Gasteiger partial charge on any atom is 0.416 e. The number of hydrogen-bond acceptors (Lipinski definition) is 2. The summed E-state index contributed by atoms with van der Waals surface area (Å²) < 4.78 is 76.7. The molecule has 156 valence electrons. The number of nitrogens with one attached hydrogen (secondary N) is 1. The first-order valence-electron chi connectivity index (χ1n) is 8.46. The third kappa shape index (κ3) is 5.56. The number of halogens is 6. The van der Waals surface area contributed by atoms with E-state index in [1.54, 1.807) is 12.1 Å². The Hall–Kier alpha value is -2.94. The molecule has 1 amide bonds. The van der Waals surface area contributed by atoms with Crippen molar-refractivity contribution in [3.8, 4) is 0 Å². The second-order valence-corrected chi connectivity index (χ2v) is 7.33. The van der Waals surface area contributed by atoms with Gasteiger partial charge >= 0.3 is 12.4 Å². The van der Waals surface area contributed by atoms with Gasteiger partial charge in [-0.1, -0.05) is 23.9 Å². The van der Waals surface area contributed by atoms with Crippen LogP contribution in [0.3, 0.4) is 0 Å². The van der Waals surface area contributed by atoms with Gasteiger partial charge in [-0.15, -0.1) is 0 Å². The number of carbonyl (C=O) groups is 1. The third-order valence-electron chi connectivity index (χ3n) is 3.96. The second-order valence-electron chi connectivity index (χ2n) is 6.18. The summed E-state index contributed by atoms with van der Waals surface area (Å²) in [5, 5.41) is 2.39. The molecule has 3 aromatic rings. The summed E-state index contributed by atoms with van der Waals surface area (Å²) >= 11 is 1.09. The Kier molecular flexibility index (Phi) is 6.12. The van der Waals surface area contributed by atoms with Crippen molar-refractivity contribution in [2.45, 2.75) is 22.1 Å². The van der Waals surface area contributed by atoms with Crippen molar-refractivity contribution in [2.24, 2.45) is 0 Å². The van der Waals surface area contributed by atoms with Gasteiger partial charge in [-0.2, -0.15) is 26.3 Å². The number of amides is 1. The van der Waals surface area contributed by atoms with Gasteiger partial charge in [0.2, 0.25) is 0 Å². The van der Waals surface area contributed by atoms with E-state index in [4.69, 9.17) is 0 Å². The monoisotopic (exact) mass is 441 g/mol. The first kappa shape index (κ1) is 21.8. The number of benzene rings is 3. The summed E-state index contributed by atoms with van der Waals surface area (Å²) in [6.45, 7) is 0. The average molecular weight is 441 g/mol. The van der Waals surface area contributed by atoms with E-state index in [2.05, 4.69) is 5.32 Å². The molecule has 9 heteroatoms. The van der Waals surface area contributed by atoms with Crippen molar-refractivity contribution in [1.29, 1.82) is 0 Å². The number of carbonyl (C=O) groups excluding carboxylic acids is 1. The minimum absolute atomic E-state index is 0.00255. The Balaban J connectivity index is 1.69. The standard InChI is InChI=1S/C21H13F6NOS/c22-20(23,24)14-3-1-5-16(11-14)28-19(29)13-7-9-17(10-8-13)30-18-6-2-4-15(12-18)21(25,26)27/h1-12H,(H,28,29). The SMILES string of the molecule is O=C(Nc1cccc(C(F)(F)F)c1)c1ccc(Sc2cccc(C(F)(F)F)c2)cc1. The molecule has 0 aliphatic carbocycles. The summed E-state index contributed by atoms with van der Waals surface area (Å²) in [5.74, 6) is -0.607. The molecule has 30 heavy (non-hydrogen) atoms. The first-order valence-corrected chi connectivity index (χ1v) is 9.28. The number of anilines is 1. The normalized spacial score (nSPS) is 11.9. The van der Waals surface area contributed by atoms with Crippen molar-refractivity contribution >= 4 is 23.4 Å². The van der Waals surface area contributed by atoms with Crippen LogP contribution < -0.4 is 5.32 Å². The van der Waals surface area contributed by atoms with Gasteiger partial charge in [0.15, 0.2) is 0 Å². The highest BCUT2D eigenvalue weighted by Gasteiger charge is 2.31. The predicted molar refractivity (Wildman–Crippen MR) is 101 cm³/mol. The highest BCUT2D eigenvalue weighted by molar-refractivity contribution is 7.99. The predicted octanol–water partition coefficient (Wildman–Crippen LogP) is 7.13. The van der Waals surface area contributed by atoms with Crippen LogP contribution in [0.25, 0.3) is 0 Å². The van der Waals surface area contributed by atoms with E-state index in [0.717, 1.165) is 36.0 Å². The zero-order valence-electron chi connectivity index (χ0n) is 15.0. The zero-order chi connectivity index (χ0) is 21.9. The summed E-state index contributed by atoms with van der Waals surface area (Å²) in [5.41, 5.74) is -1.45. The third-order valence-corrected chi connectivity index (χ3v) is 4.96. The van der Waals surface area contributed by atoms with E-state index in [1.807, 2.05) is 0 Å². The van der Waals surface area contributed by atoms with Crippen molar-refractivity contribution in [2.75, 3.05) is 5.32 Å². The van der Waals surface area contributed by atoms with Crippen LogP contribution in [-0.2, 0) is 12.4 Å². The van der Waals surface area contributed by atoms with Gasteiger partial charge in [0.05, 0.1) is 11.1 Å². The quantitative estimate of drug-likeness (QED) is 0.437. The molecule has 0 fully saturated rings. The topological polar surface area (TPSA) is 29.1 Å². The Morgan fingerprint density at radius 2 is 1.27 bits per heavy atom. The summed E-state index contributed by atoms with van der Waals surface area (Å²) in [4.78, 5) is 13.3. The fourth-order valence-corrected chi connectivity index (χ4v) is 3.40. The van der Waals surface area contributed by atoms with E-state index < -0.39 is 29.4 Å². The zero-order valence-corrected chi connectivity index (χ0v) is 15.8. The molecule has 1 N–H and O–H groups in total. The lowest BCUT2D eigenvalue weighted by molar-refractivity contribution is -0.138. The lowest BCUT2D eigenvalue weighted by Crippen LogP contribution is -2.13. The fourth-order valence-electron chi connectivity index (χ4n) is 2.52. The molecule has 0 aromatic heterocycles. The lowest BCUT2D eigenvalue weighted by Gasteiger charge is -2.10. The van der Waals surface area contributed by atoms with E-state index >= 15 is 0 Å².